The first-order valence-corrected chi connectivity index (χ1v) is 4.84. The number of carbonyl (C=O) groups is 1. The Labute approximate surface area is 87.1 Å². The number of benzene rings is 1. The Kier molecular flexibility index (Phi) is 2.51. The summed E-state index contributed by atoms with van der Waals surface area (Å²) < 4.78 is 4.94. The summed E-state index contributed by atoms with van der Waals surface area (Å²) in [5.74, 6) is -0.376. The van der Waals surface area contributed by atoms with Gasteiger partial charge in [-0.1, -0.05) is 18.2 Å². The summed E-state index contributed by atoms with van der Waals surface area (Å²) in [6, 6.07) is 7.38. The summed E-state index contributed by atoms with van der Waals surface area (Å²) in [5.41, 5.74) is 6.21. The summed E-state index contributed by atoms with van der Waals surface area (Å²) >= 11 is 0. The van der Waals surface area contributed by atoms with Gasteiger partial charge in [0.2, 0.25) is 0 Å². The van der Waals surface area contributed by atoms with Gasteiger partial charge in [0.15, 0.2) is 0 Å². The number of hydrogen-bond donors (Lipinski definition) is 1. The fourth-order valence-electron chi connectivity index (χ4n) is 1.63. The van der Waals surface area contributed by atoms with Crippen molar-refractivity contribution in [2.75, 3.05) is 6.61 Å². The van der Waals surface area contributed by atoms with Crippen molar-refractivity contribution in [3.05, 3.63) is 34.8 Å². The van der Waals surface area contributed by atoms with Crippen LogP contribution in [0.2, 0.25) is 0 Å². The van der Waals surface area contributed by atoms with Crippen LogP contribution in [0.5, 0.6) is 0 Å². The van der Waals surface area contributed by atoms with Crippen LogP contribution in [-0.4, -0.2) is 18.7 Å². The molecule has 4 heteroatoms. The highest BCUT2D eigenvalue weighted by Gasteiger charge is 2.23. The van der Waals surface area contributed by atoms with E-state index in [-0.39, 0.29) is 5.97 Å². The third-order valence-corrected chi connectivity index (χ3v) is 2.26. The first-order chi connectivity index (χ1) is 7.24. The number of nitrogens with two attached hydrogens (primary N) is 1. The Balaban J connectivity index is 2.57. The predicted octanol–water partition coefficient (Wildman–Crippen LogP) is -0.682. The van der Waals surface area contributed by atoms with Gasteiger partial charge in [0.1, 0.15) is 6.17 Å². The van der Waals surface area contributed by atoms with Gasteiger partial charge < -0.3 is 10.5 Å². The van der Waals surface area contributed by atoms with Gasteiger partial charge in [-0.25, -0.2) is 4.79 Å². The number of ether oxygens (including phenoxy) is 1. The standard InChI is InChI=1S/C11H12N2O2/c1-2-15-11(14)9-7-5-3-4-6-8(7)13-10(9)12/h3-6,10H,2,12H2,1H3/t10-/m0/s1. The number of rotatable bonds is 2. The van der Waals surface area contributed by atoms with E-state index in [1.54, 1.807) is 6.92 Å². The molecule has 0 spiro atoms. The van der Waals surface area contributed by atoms with Gasteiger partial charge in [-0.05, 0) is 13.0 Å². The van der Waals surface area contributed by atoms with Crippen molar-refractivity contribution >= 4 is 11.5 Å². The zero-order valence-corrected chi connectivity index (χ0v) is 8.43. The van der Waals surface area contributed by atoms with E-state index in [4.69, 9.17) is 10.5 Å². The van der Waals surface area contributed by atoms with Crippen LogP contribution >= 0.6 is 0 Å². The SMILES string of the molecule is CCOC(=O)C1=c2ccccc2=N[C@@H]1N. The maximum atomic E-state index is 11.6. The smallest absolute Gasteiger partial charge is 0.338 e. The number of esters is 1. The van der Waals surface area contributed by atoms with Gasteiger partial charge in [0, 0.05) is 5.22 Å². The molecule has 0 saturated heterocycles. The van der Waals surface area contributed by atoms with Crippen molar-refractivity contribution in [1.82, 2.24) is 0 Å². The van der Waals surface area contributed by atoms with Crippen LogP contribution in [0.4, 0.5) is 0 Å². The molecule has 78 valence electrons. The lowest BCUT2D eigenvalue weighted by atomic mass is 10.1. The number of fused-ring (bicyclic) bond motifs is 1. The molecule has 0 amide bonds. The van der Waals surface area contributed by atoms with Gasteiger partial charge in [0.05, 0.1) is 17.5 Å². The number of hydrogen-bond acceptors (Lipinski definition) is 4. The van der Waals surface area contributed by atoms with Gasteiger partial charge in [0.25, 0.3) is 0 Å². The molecule has 1 aromatic rings. The minimum atomic E-state index is -0.596. The lowest BCUT2D eigenvalue weighted by molar-refractivity contribution is -0.136. The van der Waals surface area contributed by atoms with Crippen molar-refractivity contribution in [2.24, 2.45) is 10.7 Å². The summed E-state index contributed by atoms with van der Waals surface area (Å²) in [6.45, 7) is 2.11. The van der Waals surface area contributed by atoms with Gasteiger partial charge in [-0.3, -0.25) is 4.99 Å². The Hall–Kier alpha value is -1.68. The lowest BCUT2D eigenvalue weighted by Gasteiger charge is -2.06. The number of carbonyl (C=O) groups excluding carboxylic acids is 1. The molecule has 0 unspecified atom stereocenters. The van der Waals surface area contributed by atoms with Crippen LogP contribution in [0, 0.1) is 0 Å². The molecular weight excluding hydrogens is 192 g/mol. The summed E-state index contributed by atoms with van der Waals surface area (Å²) in [4.78, 5) is 15.8. The van der Waals surface area contributed by atoms with E-state index in [2.05, 4.69) is 4.99 Å². The monoisotopic (exact) mass is 204 g/mol. The van der Waals surface area contributed by atoms with E-state index in [0.717, 1.165) is 10.6 Å². The van der Waals surface area contributed by atoms with Gasteiger partial charge >= 0.3 is 5.97 Å². The van der Waals surface area contributed by atoms with Crippen molar-refractivity contribution in [3.8, 4) is 0 Å². The number of nitrogens with zero attached hydrogens (tertiary/aromatic N) is 1. The highest BCUT2D eigenvalue weighted by atomic mass is 16.5. The first-order valence-electron chi connectivity index (χ1n) is 4.84. The third-order valence-electron chi connectivity index (χ3n) is 2.26. The molecule has 0 aromatic heterocycles. The highest BCUT2D eigenvalue weighted by Crippen LogP contribution is 2.05. The molecule has 0 saturated carbocycles. The molecule has 0 fully saturated rings. The van der Waals surface area contributed by atoms with Crippen molar-refractivity contribution in [3.63, 3.8) is 0 Å². The van der Waals surface area contributed by atoms with Crippen LogP contribution in [-0.2, 0) is 9.53 Å². The largest absolute Gasteiger partial charge is 0.463 e. The summed E-state index contributed by atoms with van der Waals surface area (Å²) in [6.07, 6.45) is -0.596. The maximum absolute atomic E-state index is 11.6. The van der Waals surface area contributed by atoms with E-state index < -0.39 is 6.17 Å². The molecule has 1 heterocycles. The Morgan fingerprint density at radius 3 is 3.00 bits per heavy atom. The van der Waals surface area contributed by atoms with E-state index in [1.165, 1.54) is 0 Å². The molecule has 0 bridgehead atoms. The molecule has 1 aliphatic rings. The van der Waals surface area contributed by atoms with Crippen LogP contribution in [0.3, 0.4) is 0 Å². The molecule has 1 aliphatic heterocycles. The summed E-state index contributed by atoms with van der Waals surface area (Å²) in [5, 5.41) is 1.54. The van der Waals surface area contributed by atoms with Crippen LogP contribution < -0.4 is 16.3 Å². The maximum Gasteiger partial charge on any atom is 0.338 e. The topological polar surface area (TPSA) is 64.7 Å². The average molecular weight is 204 g/mol. The molecule has 0 aliphatic carbocycles. The van der Waals surface area contributed by atoms with Gasteiger partial charge in [-0.15, -0.1) is 0 Å². The number of para-hydroxylation sites is 1. The van der Waals surface area contributed by atoms with E-state index in [1.807, 2.05) is 24.3 Å². The van der Waals surface area contributed by atoms with Crippen LogP contribution in [0.1, 0.15) is 6.92 Å². The molecule has 4 nitrogen and oxygen atoms in total. The molecule has 1 aromatic carbocycles. The second-order valence-electron chi connectivity index (χ2n) is 3.23. The normalized spacial score (nSPS) is 18.3. The molecule has 1 atom stereocenters. The van der Waals surface area contributed by atoms with E-state index >= 15 is 0 Å². The minimum Gasteiger partial charge on any atom is -0.463 e. The second-order valence-corrected chi connectivity index (χ2v) is 3.23. The molecule has 15 heavy (non-hydrogen) atoms. The Morgan fingerprint density at radius 2 is 2.27 bits per heavy atom. The summed E-state index contributed by atoms with van der Waals surface area (Å²) in [7, 11) is 0. The van der Waals surface area contributed by atoms with Crippen molar-refractivity contribution < 1.29 is 9.53 Å². The molecule has 2 N–H and O–H groups in total. The Bertz CT molecular complexity index is 508. The fraction of sp³-hybridized carbons (Fsp3) is 0.273. The van der Waals surface area contributed by atoms with Crippen LogP contribution in [0.15, 0.2) is 29.3 Å². The Morgan fingerprint density at radius 1 is 1.53 bits per heavy atom. The lowest BCUT2D eigenvalue weighted by Crippen LogP contribution is -2.29. The molecular formula is C11H12N2O2. The third kappa shape index (κ3) is 1.64. The van der Waals surface area contributed by atoms with Gasteiger partial charge in [-0.2, -0.15) is 0 Å². The first kappa shape index (κ1) is 9.86. The zero-order chi connectivity index (χ0) is 10.8. The fourth-order valence-corrected chi connectivity index (χ4v) is 1.63. The van der Waals surface area contributed by atoms with Crippen molar-refractivity contribution in [1.29, 1.82) is 0 Å². The quantitative estimate of drug-likeness (QED) is 0.649. The molecule has 0 radical (unpaired) electrons. The minimum absolute atomic E-state index is 0.344. The van der Waals surface area contributed by atoms with E-state index in [9.17, 15) is 4.79 Å². The van der Waals surface area contributed by atoms with E-state index in [0.29, 0.717) is 12.2 Å². The molecule has 2 rings (SSSR count). The predicted molar refractivity (Wildman–Crippen MR) is 55.2 cm³/mol. The average Bonchev–Trinajstić information content (AvgIpc) is 2.54. The van der Waals surface area contributed by atoms with Crippen LogP contribution in [0.25, 0.3) is 5.57 Å². The van der Waals surface area contributed by atoms with Crippen molar-refractivity contribution in [2.45, 2.75) is 13.1 Å². The highest BCUT2D eigenvalue weighted by molar-refractivity contribution is 6.11. The second kappa shape index (κ2) is 3.82. The zero-order valence-electron chi connectivity index (χ0n) is 8.43.